The van der Waals surface area contributed by atoms with Crippen molar-refractivity contribution in [2.75, 3.05) is 6.61 Å². The van der Waals surface area contributed by atoms with E-state index in [1.54, 1.807) is 6.07 Å². The van der Waals surface area contributed by atoms with Crippen LogP contribution < -0.4 is 0 Å². The van der Waals surface area contributed by atoms with Crippen LogP contribution in [-0.4, -0.2) is 16.8 Å². The monoisotopic (exact) mass is 314 g/mol. The molecule has 0 saturated heterocycles. The first kappa shape index (κ1) is 14.7. The summed E-state index contributed by atoms with van der Waals surface area (Å²) in [5, 5.41) is 24.4. The van der Waals surface area contributed by atoms with Crippen LogP contribution in [0.25, 0.3) is 32.7 Å². The summed E-state index contributed by atoms with van der Waals surface area (Å²) in [5.41, 5.74) is 2.90. The third-order valence-electron chi connectivity index (χ3n) is 4.55. The van der Waals surface area contributed by atoms with Crippen molar-refractivity contribution in [3.8, 4) is 16.9 Å². The molecule has 24 heavy (non-hydrogen) atoms. The van der Waals surface area contributed by atoms with E-state index in [0.29, 0.717) is 6.42 Å². The van der Waals surface area contributed by atoms with E-state index in [-0.39, 0.29) is 12.4 Å². The summed E-state index contributed by atoms with van der Waals surface area (Å²) in [4.78, 5) is 0. The fourth-order valence-corrected chi connectivity index (χ4v) is 3.49. The van der Waals surface area contributed by atoms with E-state index in [1.165, 1.54) is 0 Å². The lowest BCUT2D eigenvalue weighted by Gasteiger charge is -2.16. The molecule has 0 amide bonds. The molecule has 0 atom stereocenters. The zero-order chi connectivity index (χ0) is 16.5. The van der Waals surface area contributed by atoms with E-state index in [1.807, 2.05) is 36.4 Å². The Morgan fingerprint density at radius 3 is 2.17 bits per heavy atom. The number of benzene rings is 4. The molecule has 118 valence electrons. The Balaban J connectivity index is 2.16. The molecule has 0 spiro atoms. The molecule has 0 aliphatic carbocycles. The average molecular weight is 314 g/mol. The minimum atomic E-state index is 0.00364. The third kappa shape index (κ3) is 2.32. The molecule has 0 aliphatic heterocycles. The summed E-state index contributed by atoms with van der Waals surface area (Å²) < 4.78 is 0. The van der Waals surface area contributed by atoms with Gasteiger partial charge in [-0.1, -0.05) is 66.7 Å². The van der Waals surface area contributed by atoms with Crippen LogP contribution in [0, 0.1) is 0 Å². The van der Waals surface area contributed by atoms with Crippen LogP contribution in [0.4, 0.5) is 0 Å². The van der Waals surface area contributed by atoms with Crippen LogP contribution in [0.5, 0.6) is 5.75 Å². The minimum Gasteiger partial charge on any atom is -0.508 e. The lowest BCUT2D eigenvalue weighted by Crippen LogP contribution is -1.97. The van der Waals surface area contributed by atoms with Crippen LogP contribution >= 0.6 is 0 Å². The van der Waals surface area contributed by atoms with Crippen LogP contribution in [0.3, 0.4) is 0 Å². The van der Waals surface area contributed by atoms with Gasteiger partial charge in [0.05, 0.1) is 0 Å². The van der Waals surface area contributed by atoms with Crippen molar-refractivity contribution in [3.05, 3.63) is 78.4 Å². The van der Waals surface area contributed by atoms with Gasteiger partial charge in [-0.2, -0.15) is 0 Å². The number of phenols is 1. The fraction of sp³-hybridized carbons (Fsp3) is 0.0909. The van der Waals surface area contributed by atoms with Gasteiger partial charge in [0.1, 0.15) is 5.75 Å². The molecule has 0 heterocycles. The second kappa shape index (κ2) is 5.99. The first-order valence-corrected chi connectivity index (χ1v) is 8.12. The maximum Gasteiger partial charge on any atom is 0.120 e. The van der Waals surface area contributed by atoms with E-state index >= 15 is 0 Å². The van der Waals surface area contributed by atoms with Crippen LogP contribution in [0.2, 0.25) is 0 Å². The Kier molecular flexibility index (Phi) is 3.68. The standard InChI is InChI=1S/C22H18O2/c23-13-12-20-21(24)14-16-7-2-4-10-18(16)22(20)19-11-5-8-15-6-1-3-9-17(15)19/h1-11,14,23-24H,12-13H2. The third-order valence-corrected chi connectivity index (χ3v) is 4.55. The maximum atomic E-state index is 10.5. The SMILES string of the molecule is OCCc1c(O)cc2ccccc2c1-c1cccc2ccccc12. The van der Waals surface area contributed by atoms with Gasteiger partial charge in [0.15, 0.2) is 0 Å². The number of aliphatic hydroxyl groups excluding tert-OH is 1. The van der Waals surface area contributed by atoms with Crippen molar-refractivity contribution in [3.63, 3.8) is 0 Å². The van der Waals surface area contributed by atoms with E-state index in [4.69, 9.17) is 0 Å². The number of hydrogen-bond donors (Lipinski definition) is 2. The van der Waals surface area contributed by atoms with Gasteiger partial charge < -0.3 is 10.2 Å². The molecule has 4 rings (SSSR count). The van der Waals surface area contributed by atoms with E-state index in [9.17, 15) is 10.2 Å². The molecule has 0 aliphatic rings. The van der Waals surface area contributed by atoms with E-state index in [2.05, 4.69) is 30.3 Å². The fourth-order valence-electron chi connectivity index (χ4n) is 3.49. The smallest absolute Gasteiger partial charge is 0.120 e. The van der Waals surface area contributed by atoms with Gasteiger partial charge in [0.2, 0.25) is 0 Å². The summed E-state index contributed by atoms with van der Waals surface area (Å²) in [5.74, 6) is 0.241. The molecule has 0 aromatic heterocycles. The van der Waals surface area contributed by atoms with E-state index < -0.39 is 0 Å². The number of fused-ring (bicyclic) bond motifs is 2. The van der Waals surface area contributed by atoms with Gasteiger partial charge in [-0.05, 0) is 45.2 Å². The second-order valence-corrected chi connectivity index (χ2v) is 5.97. The predicted molar refractivity (Wildman–Crippen MR) is 99.3 cm³/mol. The van der Waals surface area contributed by atoms with Crippen LogP contribution in [0.1, 0.15) is 5.56 Å². The zero-order valence-electron chi connectivity index (χ0n) is 13.2. The lowest BCUT2D eigenvalue weighted by atomic mass is 9.88. The molecule has 0 bridgehead atoms. The number of rotatable bonds is 3. The molecule has 2 nitrogen and oxygen atoms in total. The number of phenolic OH excluding ortho intramolecular Hbond substituents is 1. The average Bonchev–Trinajstić information content (AvgIpc) is 2.62. The van der Waals surface area contributed by atoms with Crippen LogP contribution in [0.15, 0.2) is 72.8 Å². The highest BCUT2D eigenvalue weighted by Crippen LogP contribution is 2.40. The topological polar surface area (TPSA) is 40.5 Å². The highest BCUT2D eigenvalue weighted by molar-refractivity contribution is 6.07. The highest BCUT2D eigenvalue weighted by Gasteiger charge is 2.16. The van der Waals surface area contributed by atoms with Gasteiger partial charge in [0, 0.05) is 12.2 Å². The highest BCUT2D eigenvalue weighted by atomic mass is 16.3. The normalized spacial score (nSPS) is 11.2. The Bertz CT molecular complexity index is 1030. The summed E-state index contributed by atoms with van der Waals surface area (Å²) in [6, 6.07) is 24.3. The van der Waals surface area contributed by atoms with Crippen molar-refractivity contribution < 1.29 is 10.2 Å². The molecular weight excluding hydrogens is 296 g/mol. The molecule has 2 N–H and O–H groups in total. The van der Waals surface area contributed by atoms with Crippen molar-refractivity contribution in [1.82, 2.24) is 0 Å². The molecule has 0 radical (unpaired) electrons. The maximum absolute atomic E-state index is 10.5. The summed E-state index contributed by atoms with van der Waals surface area (Å²) in [6.07, 6.45) is 0.426. The van der Waals surface area contributed by atoms with Crippen molar-refractivity contribution in [1.29, 1.82) is 0 Å². The number of aromatic hydroxyl groups is 1. The Labute approximate surface area is 140 Å². The van der Waals surface area contributed by atoms with E-state index in [0.717, 1.165) is 38.2 Å². The van der Waals surface area contributed by atoms with Gasteiger partial charge in [-0.15, -0.1) is 0 Å². The lowest BCUT2D eigenvalue weighted by molar-refractivity contribution is 0.297. The number of aliphatic hydroxyl groups is 1. The molecule has 0 fully saturated rings. The van der Waals surface area contributed by atoms with Crippen molar-refractivity contribution in [2.45, 2.75) is 6.42 Å². The van der Waals surface area contributed by atoms with Crippen molar-refractivity contribution in [2.24, 2.45) is 0 Å². The second-order valence-electron chi connectivity index (χ2n) is 5.97. The zero-order valence-corrected chi connectivity index (χ0v) is 13.2. The first-order valence-electron chi connectivity index (χ1n) is 8.12. The van der Waals surface area contributed by atoms with Gasteiger partial charge in [0.25, 0.3) is 0 Å². The van der Waals surface area contributed by atoms with Gasteiger partial charge in [-0.25, -0.2) is 0 Å². The molecule has 4 aromatic carbocycles. The summed E-state index contributed by atoms with van der Waals surface area (Å²) >= 11 is 0. The van der Waals surface area contributed by atoms with Gasteiger partial charge in [-0.3, -0.25) is 0 Å². The quantitative estimate of drug-likeness (QED) is 0.564. The largest absolute Gasteiger partial charge is 0.508 e. The van der Waals surface area contributed by atoms with Crippen LogP contribution in [-0.2, 0) is 6.42 Å². The summed E-state index contributed by atoms with van der Waals surface area (Å²) in [7, 11) is 0. The number of hydrogen-bond acceptors (Lipinski definition) is 2. The molecule has 0 unspecified atom stereocenters. The Morgan fingerprint density at radius 1 is 0.708 bits per heavy atom. The Hall–Kier alpha value is -2.84. The molecule has 0 saturated carbocycles. The molecule has 2 heteroatoms. The molecule has 4 aromatic rings. The summed E-state index contributed by atoms with van der Waals surface area (Å²) in [6.45, 7) is 0.00364. The van der Waals surface area contributed by atoms with Crippen molar-refractivity contribution >= 4 is 21.5 Å². The Morgan fingerprint density at radius 2 is 1.38 bits per heavy atom. The van der Waals surface area contributed by atoms with Gasteiger partial charge >= 0.3 is 0 Å². The first-order chi connectivity index (χ1) is 11.8. The molecular formula is C22H18O2. The predicted octanol–water partition coefficient (Wildman–Crippen LogP) is 4.90. The minimum absolute atomic E-state index is 0.00364.